The Hall–Kier alpha value is -2.05. The normalized spacial score (nSPS) is 18.4. The number of nitrogens with zero attached hydrogens (tertiary/aromatic N) is 3. The van der Waals surface area contributed by atoms with E-state index in [1.165, 1.54) is 0 Å². The first kappa shape index (κ1) is 13.0. The molecule has 108 valence electrons. The van der Waals surface area contributed by atoms with Crippen molar-refractivity contribution in [2.45, 2.75) is 32.2 Å². The van der Waals surface area contributed by atoms with Crippen molar-refractivity contribution in [2.75, 3.05) is 30.3 Å². The molecule has 2 aliphatic rings. The fourth-order valence-corrected chi connectivity index (χ4v) is 2.66. The van der Waals surface area contributed by atoms with Gasteiger partial charge >= 0.3 is 0 Å². The van der Waals surface area contributed by atoms with E-state index in [2.05, 4.69) is 15.7 Å². The van der Waals surface area contributed by atoms with Crippen LogP contribution in [-0.2, 0) is 16.1 Å². The molecule has 2 amide bonds. The maximum atomic E-state index is 12.0. The Morgan fingerprint density at radius 1 is 1.35 bits per heavy atom. The standard InChI is InChI=1S/C13H19N5O2/c19-11(9-17-6-2-1-4-12(17)20)16-10-8-15-18-7-3-5-14-13(10)18/h8,14H,1-7,9H2,(H,16,19). The molecule has 3 rings (SSSR count). The monoisotopic (exact) mass is 277 g/mol. The molecule has 7 heteroatoms. The van der Waals surface area contributed by atoms with Gasteiger partial charge < -0.3 is 15.5 Å². The molecule has 0 spiro atoms. The summed E-state index contributed by atoms with van der Waals surface area (Å²) in [6.45, 7) is 2.56. The van der Waals surface area contributed by atoms with Crippen molar-refractivity contribution in [1.29, 1.82) is 0 Å². The number of hydrogen-bond donors (Lipinski definition) is 2. The lowest BCUT2D eigenvalue weighted by molar-refractivity contribution is -0.136. The van der Waals surface area contributed by atoms with Crippen LogP contribution < -0.4 is 10.6 Å². The zero-order valence-corrected chi connectivity index (χ0v) is 11.4. The highest BCUT2D eigenvalue weighted by Crippen LogP contribution is 2.24. The number of anilines is 2. The highest BCUT2D eigenvalue weighted by atomic mass is 16.2. The van der Waals surface area contributed by atoms with Crippen molar-refractivity contribution in [3.05, 3.63) is 6.20 Å². The largest absolute Gasteiger partial charge is 0.368 e. The smallest absolute Gasteiger partial charge is 0.244 e. The van der Waals surface area contributed by atoms with Crippen molar-refractivity contribution in [3.8, 4) is 0 Å². The van der Waals surface area contributed by atoms with Gasteiger partial charge in [0, 0.05) is 26.1 Å². The van der Waals surface area contributed by atoms with E-state index in [-0.39, 0.29) is 18.4 Å². The number of hydrogen-bond acceptors (Lipinski definition) is 4. The van der Waals surface area contributed by atoms with Crippen LogP contribution in [0.25, 0.3) is 0 Å². The molecule has 0 radical (unpaired) electrons. The number of amides is 2. The molecule has 0 aliphatic carbocycles. The fraction of sp³-hybridized carbons (Fsp3) is 0.615. The van der Waals surface area contributed by atoms with Gasteiger partial charge in [0.05, 0.1) is 12.7 Å². The first-order valence-corrected chi connectivity index (χ1v) is 7.11. The number of likely N-dealkylation sites (tertiary alicyclic amines) is 1. The van der Waals surface area contributed by atoms with Crippen LogP contribution >= 0.6 is 0 Å². The maximum Gasteiger partial charge on any atom is 0.244 e. The molecule has 2 N–H and O–H groups in total. The Morgan fingerprint density at radius 3 is 3.10 bits per heavy atom. The molecule has 1 aromatic rings. The van der Waals surface area contributed by atoms with Gasteiger partial charge in [0.15, 0.2) is 0 Å². The zero-order chi connectivity index (χ0) is 13.9. The molecular formula is C13H19N5O2. The Kier molecular flexibility index (Phi) is 3.58. The quantitative estimate of drug-likeness (QED) is 0.850. The number of fused-ring (bicyclic) bond motifs is 1. The van der Waals surface area contributed by atoms with Crippen LogP contribution in [-0.4, -0.2) is 46.1 Å². The molecule has 7 nitrogen and oxygen atoms in total. The molecule has 2 aliphatic heterocycles. The second-order valence-corrected chi connectivity index (χ2v) is 5.23. The van der Waals surface area contributed by atoms with Crippen molar-refractivity contribution < 1.29 is 9.59 Å². The fourth-order valence-electron chi connectivity index (χ4n) is 2.66. The summed E-state index contributed by atoms with van der Waals surface area (Å²) in [5.74, 6) is 0.763. The summed E-state index contributed by atoms with van der Waals surface area (Å²) in [4.78, 5) is 25.3. The predicted octanol–water partition coefficient (Wildman–Crippen LogP) is 0.650. The van der Waals surface area contributed by atoms with E-state index in [0.29, 0.717) is 18.7 Å². The van der Waals surface area contributed by atoms with E-state index in [9.17, 15) is 9.59 Å². The van der Waals surface area contributed by atoms with Gasteiger partial charge in [-0.2, -0.15) is 5.10 Å². The van der Waals surface area contributed by atoms with E-state index in [0.717, 1.165) is 38.2 Å². The lowest BCUT2D eigenvalue weighted by Gasteiger charge is -2.26. The molecular weight excluding hydrogens is 258 g/mol. The van der Waals surface area contributed by atoms with Gasteiger partial charge in [-0.1, -0.05) is 0 Å². The van der Waals surface area contributed by atoms with Crippen molar-refractivity contribution in [1.82, 2.24) is 14.7 Å². The molecule has 0 saturated carbocycles. The molecule has 0 atom stereocenters. The molecule has 0 aromatic carbocycles. The van der Waals surface area contributed by atoms with Crippen LogP contribution in [0.15, 0.2) is 6.20 Å². The van der Waals surface area contributed by atoms with Gasteiger partial charge in [-0.05, 0) is 19.3 Å². The van der Waals surface area contributed by atoms with Crippen LogP contribution in [0, 0.1) is 0 Å². The summed E-state index contributed by atoms with van der Waals surface area (Å²) in [6.07, 6.45) is 5.15. The van der Waals surface area contributed by atoms with Crippen LogP contribution in [0.2, 0.25) is 0 Å². The summed E-state index contributed by atoms with van der Waals surface area (Å²) in [5.41, 5.74) is 0.694. The van der Waals surface area contributed by atoms with Crippen molar-refractivity contribution in [2.24, 2.45) is 0 Å². The number of nitrogens with one attached hydrogen (secondary N) is 2. The topological polar surface area (TPSA) is 79.3 Å². The number of carbonyl (C=O) groups excluding carboxylic acids is 2. The van der Waals surface area contributed by atoms with Crippen LogP contribution in [0.3, 0.4) is 0 Å². The van der Waals surface area contributed by atoms with Crippen molar-refractivity contribution >= 4 is 23.3 Å². The first-order chi connectivity index (χ1) is 9.74. The number of aryl methyl sites for hydroxylation is 1. The average molecular weight is 277 g/mol. The van der Waals surface area contributed by atoms with Gasteiger partial charge in [0.2, 0.25) is 11.8 Å². The Labute approximate surface area is 117 Å². The molecule has 1 saturated heterocycles. The minimum atomic E-state index is -0.163. The predicted molar refractivity (Wildman–Crippen MR) is 74.4 cm³/mol. The maximum absolute atomic E-state index is 12.0. The minimum Gasteiger partial charge on any atom is -0.368 e. The summed E-state index contributed by atoms with van der Waals surface area (Å²) >= 11 is 0. The zero-order valence-electron chi connectivity index (χ0n) is 11.4. The summed E-state index contributed by atoms with van der Waals surface area (Å²) in [6, 6.07) is 0. The lowest BCUT2D eigenvalue weighted by Crippen LogP contribution is -2.40. The van der Waals surface area contributed by atoms with Gasteiger partial charge in [0.1, 0.15) is 11.5 Å². The van der Waals surface area contributed by atoms with Gasteiger partial charge in [-0.25, -0.2) is 4.68 Å². The summed E-state index contributed by atoms with van der Waals surface area (Å²) < 4.78 is 1.85. The van der Waals surface area contributed by atoms with E-state index in [4.69, 9.17) is 0 Å². The van der Waals surface area contributed by atoms with Crippen molar-refractivity contribution in [3.63, 3.8) is 0 Å². The molecule has 3 heterocycles. The number of rotatable bonds is 3. The Morgan fingerprint density at radius 2 is 2.25 bits per heavy atom. The van der Waals surface area contributed by atoms with E-state index < -0.39 is 0 Å². The molecule has 1 aromatic heterocycles. The van der Waals surface area contributed by atoms with Crippen LogP contribution in [0.1, 0.15) is 25.7 Å². The second-order valence-electron chi connectivity index (χ2n) is 5.23. The Balaban J connectivity index is 1.61. The first-order valence-electron chi connectivity index (χ1n) is 7.11. The summed E-state index contributed by atoms with van der Waals surface area (Å²) in [5, 5.41) is 10.3. The third-order valence-electron chi connectivity index (χ3n) is 3.71. The van der Waals surface area contributed by atoms with Gasteiger partial charge in [0.25, 0.3) is 0 Å². The number of aromatic nitrogens is 2. The lowest BCUT2D eigenvalue weighted by atomic mass is 10.1. The van der Waals surface area contributed by atoms with E-state index in [1.54, 1.807) is 11.1 Å². The third kappa shape index (κ3) is 2.61. The minimum absolute atomic E-state index is 0.0709. The number of piperidine rings is 1. The number of carbonyl (C=O) groups is 2. The van der Waals surface area contributed by atoms with Crippen LogP contribution in [0.5, 0.6) is 0 Å². The average Bonchev–Trinajstić information content (AvgIpc) is 2.85. The third-order valence-corrected chi connectivity index (χ3v) is 3.71. The highest BCUT2D eigenvalue weighted by Gasteiger charge is 2.22. The molecule has 0 unspecified atom stereocenters. The van der Waals surface area contributed by atoms with E-state index >= 15 is 0 Å². The molecule has 20 heavy (non-hydrogen) atoms. The second kappa shape index (κ2) is 5.52. The molecule has 0 bridgehead atoms. The van der Waals surface area contributed by atoms with Gasteiger partial charge in [-0.15, -0.1) is 0 Å². The summed E-state index contributed by atoms with van der Waals surface area (Å²) in [7, 11) is 0. The highest BCUT2D eigenvalue weighted by molar-refractivity contribution is 5.96. The Bertz CT molecular complexity index is 525. The van der Waals surface area contributed by atoms with E-state index in [1.807, 2.05) is 4.68 Å². The van der Waals surface area contributed by atoms with Gasteiger partial charge in [-0.3, -0.25) is 9.59 Å². The SMILES string of the molecule is O=C(CN1CCCCC1=O)Nc1cnn2c1NCCC2. The molecule has 1 fully saturated rings. The van der Waals surface area contributed by atoms with Crippen LogP contribution in [0.4, 0.5) is 11.5 Å².